The predicted molar refractivity (Wildman–Crippen MR) is 63.4 cm³/mol. The molecule has 0 aromatic heterocycles. The summed E-state index contributed by atoms with van der Waals surface area (Å²) in [6.45, 7) is 0.455. The lowest BCUT2D eigenvalue weighted by atomic mass is 10.1. The van der Waals surface area contributed by atoms with Crippen LogP contribution in [0.3, 0.4) is 0 Å². The molecule has 0 fully saturated rings. The van der Waals surface area contributed by atoms with Crippen molar-refractivity contribution in [2.24, 2.45) is 5.73 Å². The van der Waals surface area contributed by atoms with Gasteiger partial charge in [-0.3, -0.25) is 9.59 Å². The van der Waals surface area contributed by atoms with E-state index >= 15 is 0 Å². The lowest BCUT2D eigenvalue weighted by molar-refractivity contribution is -0.139. The zero-order valence-electron chi connectivity index (χ0n) is 9.43. The van der Waals surface area contributed by atoms with Gasteiger partial charge in [-0.2, -0.15) is 0 Å². The number of carboxylic acid groups (broad SMARTS) is 1. The van der Waals surface area contributed by atoms with Crippen LogP contribution in [0.1, 0.15) is 12.0 Å². The molecule has 0 aliphatic rings. The van der Waals surface area contributed by atoms with Crippen LogP contribution in [-0.2, 0) is 16.0 Å². The Hall–Kier alpha value is -1.88. The topological polar surface area (TPSA) is 92.4 Å². The van der Waals surface area contributed by atoms with Gasteiger partial charge in [-0.25, -0.2) is 0 Å². The van der Waals surface area contributed by atoms with Crippen molar-refractivity contribution < 1.29 is 14.7 Å². The summed E-state index contributed by atoms with van der Waals surface area (Å²) in [6.07, 6.45) is 0.351. The summed E-state index contributed by atoms with van der Waals surface area (Å²) >= 11 is 0. The molecule has 5 heteroatoms. The highest BCUT2D eigenvalue weighted by Gasteiger charge is 2.15. The number of nitrogens with two attached hydrogens (primary N) is 1. The predicted octanol–water partition coefficient (Wildman–Crippen LogP) is 0.147. The molecule has 0 bridgehead atoms. The number of aliphatic carboxylic acids is 1. The van der Waals surface area contributed by atoms with E-state index in [1.807, 2.05) is 30.3 Å². The molecule has 0 aliphatic carbocycles. The fourth-order valence-corrected chi connectivity index (χ4v) is 1.39. The van der Waals surface area contributed by atoms with E-state index in [0.717, 1.165) is 5.56 Å². The maximum atomic E-state index is 11.4. The van der Waals surface area contributed by atoms with E-state index in [1.165, 1.54) is 0 Å². The van der Waals surface area contributed by atoms with Crippen LogP contribution in [0, 0.1) is 0 Å². The molecular weight excluding hydrogens is 220 g/mol. The first-order chi connectivity index (χ1) is 8.09. The summed E-state index contributed by atoms with van der Waals surface area (Å²) in [6, 6.07) is 8.71. The molecule has 92 valence electrons. The summed E-state index contributed by atoms with van der Waals surface area (Å²) in [7, 11) is 0. The fraction of sp³-hybridized carbons (Fsp3) is 0.333. The minimum absolute atomic E-state index is 0.350. The van der Waals surface area contributed by atoms with Crippen molar-refractivity contribution in [3.63, 3.8) is 0 Å². The SMILES string of the molecule is NC(CC(=O)O)C(=O)NCCc1ccccc1. The van der Waals surface area contributed by atoms with Crippen LogP contribution >= 0.6 is 0 Å². The molecule has 4 N–H and O–H groups in total. The summed E-state index contributed by atoms with van der Waals surface area (Å²) in [4.78, 5) is 21.7. The first-order valence-corrected chi connectivity index (χ1v) is 5.38. The lowest BCUT2D eigenvalue weighted by Gasteiger charge is -2.09. The van der Waals surface area contributed by atoms with Crippen LogP contribution in [-0.4, -0.2) is 29.6 Å². The third-order valence-electron chi connectivity index (χ3n) is 2.29. The zero-order chi connectivity index (χ0) is 12.7. The molecule has 1 rings (SSSR count). The van der Waals surface area contributed by atoms with Crippen molar-refractivity contribution >= 4 is 11.9 Å². The second kappa shape index (κ2) is 6.65. The van der Waals surface area contributed by atoms with Gasteiger partial charge in [0.2, 0.25) is 5.91 Å². The van der Waals surface area contributed by atoms with Crippen LogP contribution < -0.4 is 11.1 Å². The number of carbonyl (C=O) groups is 2. The number of carboxylic acids is 1. The van der Waals surface area contributed by atoms with Crippen molar-refractivity contribution in [3.8, 4) is 0 Å². The smallest absolute Gasteiger partial charge is 0.305 e. The van der Waals surface area contributed by atoms with E-state index in [9.17, 15) is 9.59 Å². The summed E-state index contributed by atoms with van der Waals surface area (Å²) in [5.74, 6) is -1.50. The van der Waals surface area contributed by atoms with Crippen LogP contribution in [0.25, 0.3) is 0 Å². The van der Waals surface area contributed by atoms with Gasteiger partial charge in [0.1, 0.15) is 0 Å². The standard InChI is InChI=1S/C12H16N2O3/c13-10(8-11(15)16)12(17)14-7-6-9-4-2-1-3-5-9/h1-5,10H,6-8,13H2,(H,14,17)(H,15,16). The fourth-order valence-electron chi connectivity index (χ4n) is 1.39. The highest BCUT2D eigenvalue weighted by Crippen LogP contribution is 1.98. The Morgan fingerprint density at radius 2 is 1.94 bits per heavy atom. The average molecular weight is 236 g/mol. The molecule has 1 atom stereocenters. The second-order valence-electron chi connectivity index (χ2n) is 3.73. The Morgan fingerprint density at radius 1 is 1.29 bits per heavy atom. The number of rotatable bonds is 6. The maximum Gasteiger partial charge on any atom is 0.305 e. The molecular formula is C12H16N2O3. The lowest BCUT2D eigenvalue weighted by Crippen LogP contribution is -2.42. The normalized spacial score (nSPS) is 11.8. The largest absolute Gasteiger partial charge is 0.481 e. The number of nitrogens with one attached hydrogen (secondary N) is 1. The Bertz CT molecular complexity index is 379. The minimum Gasteiger partial charge on any atom is -0.481 e. The number of benzene rings is 1. The third-order valence-corrected chi connectivity index (χ3v) is 2.29. The van der Waals surface area contributed by atoms with E-state index in [1.54, 1.807) is 0 Å². The van der Waals surface area contributed by atoms with Gasteiger partial charge in [-0.15, -0.1) is 0 Å². The highest BCUT2D eigenvalue weighted by atomic mass is 16.4. The number of amides is 1. The summed E-state index contributed by atoms with van der Waals surface area (Å²) in [5.41, 5.74) is 6.52. The minimum atomic E-state index is -1.07. The van der Waals surface area contributed by atoms with Crippen molar-refractivity contribution in [2.75, 3.05) is 6.54 Å². The Morgan fingerprint density at radius 3 is 2.53 bits per heavy atom. The monoisotopic (exact) mass is 236 g/mol. The van der Waals surface area contributed by atoms with Gasteiger partial charge in [0.25, 0.3) is 0 Å². The number of carbonyl (C=O) groups excluding carboxylic acids is 1. The van der Waals surface area contributed by atoms with Crippen molar-refractivity contribution in [1.82, 2.24) is 5.32 Å². The molecule has 17 heavy (non-hydrogen) atoms. The average Bonchev–Trinajstić information content (AvgIpc) is 2.29. The van der Waals surface area contributed by atoms with E-state index in [4.69, 9.17) is 10.8 Å². The Kier molecular flexibility index (Phi) is 5.16. The molecule has 0 heterocycles. The van der Waals surface area contributed by atoms with Gasteiger partial charge >= 0.3 is 5.97 Å². The first kappa shape index (κ1) is 13.2. The number of hydrogen-bond acceptors (Lipinski definition) is 3. The van der Waals surface area contributed by atoms with E-state index in [2.05, 4.69) is 5.32 Å². The van der Waals surface area contributed by atoms with Crippen LogP contribution in [0.5, 0.6) is 0 Å². The van der Waals surface area contributed by atoms with Crippen LogP contribution in [0.4, 0.5) is 0 Å². The molecule has 0 saturated heterocycles. The van der Waals surface area contributed by atoms with Crippen LogP contribution in [0.2, 0.25) is 0 Å². The molecule has 0 aliphatic heterocycles. The van der Waals surface area contributed by atoms with E-state index in [-0.39, 0.29) is 6.42 Å². The highest BCUT2D eigenvalue weighted by molar-refractivity contribution is 5.85. The Labute approximate surface area is 99.6 Å². The van der Waals surface area contributed by atoms with Crippen molar-refractivity contribution in [1.29, 1.82) is 0 Å². The molecule has 0 spiro atoms. The van der Waals surface area contributed by atoms with Crippen molar-refractivity contribution in [2.45, 2.75) is 18.9 Å². The molecule has 5 nitrogen and oxygen atoms in total. The molecule has 1 unspecified atom stereocenters. The van der Waals surface area contributed by atoms with Gasteiger partial charge in [0.05, 0.1) is 12.5 Å². The second-order valence-corrected chi connectivity index (χ2v) is 3.73. The molecule has 1 aromatic rings. The van der Waals surface area contributed by atoms with Gasteiger partial charge in [-0.05, 0) is 12.0 Å². The van der Waals surface area contributed by atoms with Gasteiger partial charge in [0, 0.05) is 6.54 Å². The molecule has 0 saturated carbocycles. The zero-order valence-corrected chi connectivity index (χ0v) is 9.43. The molecule has 1 aromatic carbocycles. The third kappa shape index (κ3) is 5.12. The number of hydrogen-bond donors (Lipinski definition) is 3. The van der Waals surface area contributed by atoms with Crippen LogP contribution in [0.15, 0.2) is 30.3 Å². The van der Waals surface area contributed by atoms with Gasteiger partial charge in [-0.1, -0.05) is 30.3 Å². The van der Waals surface area contributed by atoms with Gasteiger partial charge in [0.15, 0.2) is 0 Å². The van der Waals surface area contributed by atoms with Crippen molar-refractivity contribution in [3.05, 3.63) is 35.9 Å². The van der Waals surface area contributed by atoms with E-state index < -0.39 is 17.9 Å². The van der Waals surface area contributed by atoms with E-state index in [0.29, 0.717) is 13.0 Å². The maximum absolute atomic E-state index is 11.4. The summed E-state index contributed by atoms with van der Waals surface area (Å²) < 4.78 is 0. The first-order valence-electron chi connectivity index (χ1n) is 5.38. The molecule has 1 amide bonds. The summed E-state index contributed by atoms with van der Waals surface area (Å²) in [5, 5.41) is 11.1. The Balaban J connectivity index is 2.27. The van der Waals surface area contributed by atoms with Gasteiger partial charge < -0.3 is 16.2 Å². The quantitative estimate of drug-likeness (QED) is 0.655. The molecule has 0 radical (unpaired) electrons.